The number of hydrogen-bond acceptors (Lipinski definition) is 2. The molecule has 3 aromatic rings. The van der Waals surface area contributed by atoms with Crippen LogP contribution in [0.25, 0.3) is 11.1 Å². The molecule has 102 valence electrons. The number of thiol groups is 1. The second-order valence-electron chi connectivity index (χ2n) is 4.76. The Balaban J connectivity index is 2.16. The minimum absolute atomic E-state index is 0.0188. The lowest BCUT2D eigenvalue weighted by atomic mass is 9.94. The maximum absolute atomic E-state index is 12.8. The Labute approximate surface area is 129 Å². The largest absolute Gasteiger partial charge is 0.289 e. The molecular formula is C19H14OS. The fourth-order valence-electron chi connectivity index (χ4n) is 2.38. The molecule has 0 aliphatic carbocycles. The second-order valence-corrected chi connectivity index (χ2v) is 5.24. The third-order valence-corrected chi connectivity index (χ3v) is 3.76. The minimum Gasteiger partial charge on any atom is -0.289 e. The van der Waals surface area contributed by atoms with Crippen molar-refractivity contribution in [2.45, 2.75) is 4.90 Å². The van der Waals surface area contributed by atoms with Crippen LogP contribution in [0.5, 0.6) is 0 Å². The first-order chi connectivity index (χ1) is 10.3. The summed E-state index contributed by atoms with van der Waals surface area (Å²) in [6.45, 7) is 0. The van der Waals surface area contributed by atoms with Crippen LogP contribution in [0.3, 0.4) is 0 Å². The molecule has 0 amide bonds. The van der Waals surface area contributed by atoms with Crippen LogP contribution in [0.2, 0.25) is 0 Å². The zero-order chi connectivity index (χ0) is 14.7. The van der Waals surface area contributed by atoms with Gasteiger partial charge in [0, 0.05) is 21.6 Å². The summed E-state index contributed by atoms with van der Waals surface area (Å²) in [6.07, 6.45) is 0. The third kappa shape index (κ3) is 2.76. The maximum Gasteiger partial charge on any atom is 0.193 e. The van der Waals surface area contributed by atoms with Gasteiger partial charge in [0.05, 0.1) is 0 Å². The van der Waals surface area contributed by atoms with Crippen molar-refractivity contribution in [3.8, 4) is 11.1 Å². The van der Waals surface area contributed by atoms with E-state index in [1.807, 2.05) is 78.9 Å². The molecule has 1 nitrogen and oxygen atoms in total. The lowest BCUT2D eigenvalue weighted by Crippen LogP contribution is -2.03. The Morgan fingerprint density at radius 3 is 2.00 bits per heavy atom. The predicted octanol–water partition coefficient (Wildman–Crippen LogP) is 4.87. The number of benzene rings is 3. The fourth-order valence-corrected chi connectivity index (χ4v) is 2.72. The highest BCUT2D eigenvalue weighted by Crippen LogP contribution is 2.31. The maximum atomic E-state index is 12.8. The van der Waals surface area contributed by atoms with Crippen LogP contribution in [-0.2, 0) is 0 Å². The molecule has 0 aliphatic rings. The van der Waals surface area contributed by atoms with Gasteiger partial charge >= 0.3 is 0 Å². The van der Waals surface area contributed by atoms with Crippen molar-refractivity contribution >= 4 is 18.4 Å². The molecule has 0 heterocycles. The Kier molecular flexibility index (Phi) is 3.89. The van der Waals surface area contributed by atoms with E-state index < -0.39 is 0 Å². The fraction of sp³-hybridized carbons (Fsp3) is 0. The highest BCUT2D eigenvalue weighted by molar-refractivity contribution is 7.80. The molecule has 0 saturated carbocycles. The molecule has 0 atom stereocenters. The minimum atomic E-state index is 0.0188. The number of carbonyl (C=O) groups is 1. The van der Waals surface area contributed by atoms with Crippen molar-refractivity contribution in [2.24, 2.45) is 0 Å². The van der Waals surface area contributed by atoms with Gasteiger partial charge in [-0.2, -0.15) is 0 Å². The van der Waals surface area contributed by atoms with Crippen LogP contribution in [0.15, 0.2) is 83.8 Å². The van der Waals surface area contributed by atoms with Crippen LogP contribution in [0.1, 0.15) is 15.9 Å². The topological polar surface area (TPSA) is 17.1 Å². The summed E-state index contributed by atoms with van der Waals surface area (Å²) in [5.74, 6) is 0.0188. The summed E-state index contributed by atoms with van der Waals surface area (Å²) in [7, 11) is 0. The molecule has 0 aromatic heterocycles. The van der Waals surface area contributed by atoms with E-state index in [0.29, 0.717) is 11.1 Å². The first kappa shape index (κ1) is 13.7. The number of carbonyl (C=O) groups excluding carboxylic acids is 1. The van der Waals surface area contributed by atoms with Crippen LogP contribution in [-0.4, -0.2) is 5.78 Å². The van der Waals surface area contributed by atoms with E-state index in [2.05, 4.69) is 12.6 Å². The van der Waals surface area contributed by atoms with E-state index in [1.54, 1.807) is 0 Å². The molecule has 0 radical (unpaired) electrons. The molecule has 3 rings (SSSR count). The van der Waals surface area contributed by atoms with Gasteiger partial charge in [0.15, 0.2) is 5.78 Å². The smallest absolute Gasteiger partial charge is 0.193 e. The lowest BCUT2D eigenvalue weighted by molar-refractivity contribution is 0.103. The van der Waals surface area contributed by atoms with Gasteiger partial charge in [0.2, 0.25) is 0 Å². The molecule has 0 N–H and O–H groups in total. The van der Waals surface area contributed by atoms with Crippen molar-refractivity contribution < 1.29 is 4.79 Å². The van der Waals surface area contributed by atoms with Crippen molar-refractivity contribution in [3.05, 3.63) is 90.0 Å². The van der Waals surface area contributed by atoms with Gasteiger partial charge in [-0.3, -0.25) is 4.79 Å². The van der Waals surface area contributed by atoms with Gasteiger partial charge in [-0.25, -0.2) is 0 Å². The summed E-state index contributed by atoms with van der Waals surface area (Å²) in [5.41, 5.74) is 3.26. The molecule has 21 heavy (non-hydrogen) atoms. The Bertz CT molecular complexity index is 764. The van der Waals surface area contributed by atoms with Gasteiger partial charge in [-0.05, 0) is 11.6 Å². The van der Waals surface area contributed by atoms with E-state index >= 15 is 0 Å². The quantitative estimate of drug-likeness (QED) is 0.538. The molecule has 3 aromatic carbocycles. The first-order valence-corrected chi connectivity index (χ1v) is 7.19. The van der Waals surface area contributed by atoms with E-state index in [0.717, 1.165) is 16.0 Å². The van der Waals surface area contributed by atoms with E-state index in [9.17, 15) is 4.79 Å². The van der Waals surface area contributed by atoms with Gasteiger partial charge in [-0.1, -0.05) is 72.8 Å². The van der Waals surface area contributed by atoms with Gasteiger partial charge in [-0.15, -0.1) is 12.6 Å². The summed E-state index contributed by atoms with van der Waals surface area (Å²) in [5, 5.41) is 0. The number of rotatable bonds is 3. The average Bonchev–Trinajstić information content (AvgIpc) is 2.55. The molecule has 0 fully saturated rings. The Morgan fingerprint density at radius 1 is 0.714 bits per heavy atom. The lowest BCUT2D eigenvalue weighted by Gasteiger charge is -2.11. The average molecular weight is 290 g/mol. The molecule has 0 aliphatic heterocycles. The molecule has 0 unspecified atom stereocenters. The number of ketones is 1. The highest BCUT2D eigenvalue weighted by Gasteiger charge is 2.16. The zero-order valence-corrected chi connectivity index (χ0v) is 12.3. The number of hydrogen-bond donors (Lipinski definition) is 1. The monoisotopic (exact) mass is 290 g/mol. The van der Waals surface area contributed by atoms with Crippen molar-refractivity contribution in [1.82, 2.24) is 0 Å². The molecule has 0 saturated heterocycles. The van der Waals surface area contributed by atoms with Gasteiger partial charge < -0.3 is 0 Å². The van der Waals surface area contributed by atoms with E-state index in [1.165, 1.54) is 0 Å². The summed E-state index contributed by atoms with van der Waals surface area (Å²) in [4.78, 5) is 13.6. The second kappa shape index (κ2) is 5.98. The van der Waals surface area contributed by atoms with Gasteiger partial charge in [0.25, 0.3) is 0 Å². The molecule has 2 heteroatoms. The third-order valence-electron chi connectivity index (χ3n) is 3.39. The summed E-state index contributed by atoms with van der Waals surface area (Å²) >= 11 is 4.53. The standard InChI is InChI=1S/C19H14OS/c20-19(15-10-5-2-6-11-15)16-12-7-13-17(21)18(16)14-8-3-1-4-9-14/h1-13,21H. The molecular weight excluding hydrogens is 276 g/mol. The van der Waals surface area contributed by atoms with Crippen molar-refractivity contribution in [1.29, 1.82) is 0 Å². The predicted molar refractivity (Wildman–Crippen MR) is 89.0 cm³/mol. The Hall–Kier alpha value is -2.32. The van der Waals surface area contributed by atoms with Gasteiger partial charge in [0.1, 0.15) is 0 Å². The zero-order valence-electron chi connectivity index (χ0n) is 11.4. The van der Waals surface area contributed by atoms with Crippen LogP contribution >= 0.6 is 12.6 Å². The Morgan fingerprint density at radius 2 is 1.33 bits per heavy atom. The SMILES string of the molecule is O=C(c1ccccc1)c1cccc(S)c1-c1ccccc1. The van der Waals surface area contributed by atoms with Crippen LogP contribution < -0.4 is 0 Å². The van der Waals surface area contributed by atoms with E-state index in [4.69, 9.17) is 0 Å². The van der Waals surface area contributed by atoms with Crippen LogP contribution in [0, 0.1) is 0 Å². The summed E-state index contributed by atoms with van der Waals surface area (Å²) in [6, 6.07) is 24.8. The highest BCUT2D eigenvalue weighted by atomic mass is 32.1. The van der Waals surface area contributed by atoms with Crippen molar-refractivity contribution in [3.63, 3.8) is 0 Å². The van der Waals surface area contributed by atoms with Crippen LogP contribution in [0.4, 0.5) is 0 Å². The molecule has 0 bridgehead atoms. The van der Waals surface area contributed by atoms with E-state index in [-0.39, 0.29) is 5.78 Å². The summed E-state index contributed by atoms with van der Waals surface area (Å²) < 4.78 is 0. The van der Waals surface area contributed by atoms with Crippen molar-refractivity contribution in [2.75, 3.05) is 0 Å². The molecule has 0 spiro atoms. The first-order valence-electron chi connectivity index (χ1n) is 6.74. The normalized spacial score (nSPS) is 10.3.